The van der Waals surface area contributed by atoms with Gasteiger partial charge in [-0.2, -0.15) is 0 Å². The van der Waals surface area contributed by atoms with Crippen LogP contribution >= 0.6 is 0 Å². The van der Waals surface area contributed by atoms with Gasteiger partial charge >= 0.3 is 0 Å². The Labute approximate surface area is 220 Å². The lowest BCUT2D eigenvalue weighted by molar-refractivity contribution is -0.120. The number of hydrogen-bond acceptors (Lipinski definition) is 6. The number of carbonyl (C=O) groups is 2. The second-order valence-corrected chi connectivity index (χ2v) is 10.3. The van der Waals surface area contributed by atoms with E-state index in [9.17, 15) is 9.59 Å². The largest absolute Gasteiger partial charge is 0.381 e. The minimum absolute atomic E-state index is 0.0944. The van der Waals surface area contributed by atoms with Crippen molar-refractivity contribution in [2.45, 2.75) is 38.1 Å². The molecule has 2 saturated heterocycles. The molecule has 0 bridgehead atoms. The molecular weight excluding hydrogens is 468 g/mol. The number of ether oxygens (including phenoxy) is 1. The first-order chi connectivity index (χ1) is 19.2. The third-order valence-electron chi connectivity index (χ3n) is 7.76. The van der Waals surface area contributed by atoms with Crippen molar-refractivity contribution in [3.05, 3.63) is 71.3 Å². The molecule has 2 amide bonds. The number of nitrogens with one attached hydrogen (secondary N) is 2. The van der Waals surface area contributed by atoms with Gasteiger partial charge in [-0.25, -0.2) is 4.98 Å². The molecule has 0 radical (unpaired) electrons. The number of hydrogen-bond donors (Lipinski definition) is 2. The molecule has 9 heteroatoms. The zero-order chi connectivity index (χ0) is 27.9. The van der Waals surface area contributed by atoms with Crippen molar-refractivity contribution < 1.29 is 18.4 Å². The lowest BCUT2D eigenvalue weighted by atomic mass is 9.73. The van der Waals surface area contributed by atoms with E-state index in [1.165, 1.54) is 0 Å². The number of anilines is 2. The Hall–Kier alpha value is -3.72. The summed E-state index contributed by atoms with van der Waals surface area (Å²) < 4.78 is 30.1. The molecule has 2 N–H and O–H groups in total. The Kier molecular flexibility index (Phi) is 5.29. The molecule has 3 aliphatic rings. The Morgan fingerprint density at radius 3 is 2.81 bits per heavy atom. The number of carbonyl (C=O) groups excluding carboxylic acids is 2. The van der Waals surface area contributed by atoms with E-state index in [1.807, 2.05) is 42.5 Å². The van der Waals surface area contributed by atoms with Gasteiger partial charge in [-0.05, 0) is 48.9 Å². The predicted octanol–water partition coefficient (Wildman–Crippen LogP) is 2.72. The summed E-state index contributed by atoms with van der Waals surface area (Å²) in [6, 6.07) is 14.3. The van der Waals surface area contributed by atoms with Gasteiger partial charge in [0.15, 0.2) is 0 Å². The zero-order valence-electron chi connectivity index (χ0n) is 23.6. The van der Waals surface area contributed by atoms with E-state index in [0.717, 1.165) is 60.9 Å². The maximum atomic E-state index is 13.7. The first-order valence-corrected chi connectivity index (χ1v) is 12.8. The number of H-pyrrole nitrogens is 1. The molecule has 1 atom stereocenters. The van der Waals surface area contributed by atoms with Crippen LogP contribution in [0.25, 0.3) is 0 Å². The van der Waals surface area contributed by atoms with Gasteiger partial charge in [-0.3, -0.25) is 14.7 Å². The van der Waals surface area contributed by atoms with Crippen LogP contribution in [0.3, 0.4) is 0 Å². The molecule has 9 nitrogen and oxygen atoms in total. The van der Waals surface area contributed by atoms with Gasteiger partial charge in [0.05, 0.1) is 0 Å². The van der Waals surface area contributed by atoms with E-state index in [1.54, 1.807) is 6.07 Å². The number of aromatic amines is 1. The molecule has 1 aromatic heterocycles. The number of rotatable bonds is 5. The highest BCUT2D eigenvalue weighted by molar-refractivity contribution is 6.02. The molecule has 3 aliphatic heterocycles. The molecule has 4 heterocycles. The minimum Gasteiger partial charge on any atom is -0.381 e. The molecular formula is C28H32N6O3. The Morgan fingerprint density at radius 1 is 1.22 bits per heavy atom. The van der Waals surface area contributed by atoms with Crippen LogP contribution in [0, 0.1) is 5.41 Å². The highest BCUT2D eigenvalue weighted by Crippen LogP contribution is 2.43. The van der Waals surface area contributed by atoms with Crippen LogP contribution in [-0.2, 0) is 22.4 Å². The van der Waals surface area contributed by atoms with Gasteiger partial charge < -0.3 is 19.9 Å². The lowest BCUT2D eigenvalue weighted by Gasteiger charge is -2.53. The third kappa shape index (κ3) is 4.71. The number of amides is 2. The van der Waals surface area contributed by atoms with Crippen LogP contribution < -0.4 is 15.1 Å². The number of benzene rings is 2. The Bertz CT molecular complexity index is 1400. The molecule has 192 valence electrons. The van der Waals surface area contributed by atoms with E-state index in [-0.39, 0.29) is 17.7 Å². The number of aryl methyl sites for hydroxylation is 1. The molecule has 0 saturated carbocycles. The summed E-state index contributed by atoms with van der Waals surface area (Å²) in [5.41, 5.74) is 3.29. The topological polar surface area (TPSA) is 103 Å². The summed E-state index contributed by atoms with van der Waals surface area (Å²) in [5.74, 6) is -0.883. The SMILES string of the molecule is [2H]C([2H])([2H])N1C(=O)C(NC(=O)c2n[nH]c(Cc3ccccc3)n2)CCc2ccc(N3CC4(CCOCC4)C3)cc21. The normalized spacial score (nSPS) is 22.3. The second-order valence-electron chi connectivity index (χ2n) is 10.3. The first-order valence-electron chi connectivity index (χ1n) is 14.3. The predicted molar refractivity (Wildman–Crippen MR) is 140 cm³/mol. The maximum Gasteiger partial charge on any atom is 0.291 e. The molecule has 3 aromatic rings. The van der Waals surface area contributed by atoms with Crippen molar-refractivity contribution >= 4 is 23.2 Å². The van der Waals surface area contributed by atoms with E-state index in [4.69, 9.17) is 8.85 Å². The molecule has 1 spiro atoms. The van der Waals surface area contributed by atoms with Gasteiger partial charge in [0.1, 0.15) is 11.9 Å². The summed E-state index contributed by atoms with van der Waals surface area (Å²) in [5, 5.41) is 9.48. The quantitative estimate of drug-likeness (QED) is 0.555. The smallest absolute Gasteiger partial charge is 0.291 e. The van der Waals surface area contributed by atoms with Crippen LogP contribution in [0.4, 0.5) is 11.4 Å². The van der Waals surface area contributed by atoms with Crippen molar-refractivity contribution in [2.24, 2.45) is 5.41 Å². The van der Waals surface area contributed by atoms with Crippen LogP contribution in [0.15, 0.2) is 48.5 Å². The lowest BCUT2D eigenvalue weighted by Crippen LogP contribution is -2.58. The van der Waals surface area contributed by atoms with Crippen molar-refractivity contribution in [3.63, 3.8) is 0 Å². The highest BCUT2D eigenvalue weighted by atomic mass is 16.5. The van der Waals surface area contributed by atoms with Gasteiger partial charge in [0.2, 0.25) is 11.7 Å². The third-order valence-corrected chi connectivity index (χ3v) is 7.76. The van der Waals surface area contributed by atoms with Crippen LogP contribution in [0.5, 0.6) is 0 Å². The van der Waals surface area contributed by atoms with E-state index in [0.29, 0.717) is 24.4 Å². The van der Waals surface area contributed by atoms with Crippen molar-refractivity contribution in [1.29, 1.82) is 0 Å². The van der Waals surface area contributed by atoms with Crippen molar-refractivity contribution in [3.8, 4) is 0 Å². The fraction of sp³-hybridized carbons (Fsp3) is 0.429. The summed E-state index contributed by atoms with van der Waals surface area (Å²) >= 11 is 0. The Balaban J connectivity index is 1.18. The minimum atomic E-state index is -2.72. The highest BCUT2D eigenvalue weighted by Gasteiger charge is 2.44. The zero-order valence-corrected chi connectivity index (χ0v) is 20.6. The van der Waals surface area contributed by atoms with Gasteiger partial charge in [0, 0.05) is 60.6 Å². The van der Waals surface area contributed by atoms with Crippen LogP contribution in [-0.4, -0.2) is 66.3 Å². The fourth-order valence-corrected chi connectivity index (χ4v) is 5.55. The summed E-state index contributed by atoms with van der Waals surface area (Å²) in [6.45, 7) is 0.599. The Morgan fingerprint density at radius 2 is 2.03 bits per heavy atom. The number of nitrogens with zero attached hydrogens (tertiary/aromatic N) is 4. The fourth-order valence-electron chi connectivity index (χ4n) is 5.55. The number of fused-ring (bicyclic) bond motifs is 1. The van der Waals surface area contributed by atoms with Gasteiger partial charge in [-0.1, -0.05) is 36.4 Å². The van der Waals surface area contributed by atoms with Crippen LogP contribution in [0.2, 0.25) is 0 Å². The van der Waals surface area contributed by atoms with Gasteiger partial charge in [-0.15, -0.1) is 5.10 Å². The molecule has 1 unspecified atom stereocenters. The summed E-state index contributed by atoms with van der Waals surface area (Å²) in [7, 11) is 0. The first kappa shape index (κ1) is 20.4. The average Bonchev–Trinajstić information content (AvgIpc) is 3.33. The second kappa shape index (κ2) is 9.63. The van der Waals surface area contributed by atoms with Gasteiger partial charge in [0.25, 0.3) is 5.91 Å². The monoisotopic (exact) mass is 503 g/mol. The molecule has 6 rings (SSSR count). The summed E-state index contributed by atoms with van der Waals surface area (Å²) in [6.07, 6.45) is 3.22. The maximum absolute atomic E-state index is 13.7. The summed E-state index contributed by atoms with van der Waals surface area (Å²) in [4.78, 5) is 34.0. The standard InChI is InChI=1S/C28H32N6O3/c1-33-23-16-21(34-17-28(18-34)11-13-37-14-12-28)9-7-20(23)8-10-22(27(33)36)29-26(35)25-30-24(31-32-25)15-19-5-3-2-4-6-19/h2-7,9,16,22H,8,10-15,17-18H2,1H3,(H,29,35)(H,30,31,32)/i1D3. The van der Waals surface area contributed by atoms with E-state index in [2.05, 4.69) is 25.4 Å². The average molecular weight is 504 g/mol. The van der Waals surface area contributed by atoms with Crippen molar-refractivity contribution in [1.82, 2.24) is 20.5 Å². The number of likely N-dealkylation sites (N-methyl/N-ethyl adjacent to an activating group) is 1. The number of aromatic nitrogens is 3. The van der Waals surface area contributed by atoms with Crippen LogP contribution in [0.1, 0.15) is 50.9 Å². The van der Waals surface area contributed by atoms with E-state index >= 15 is 0 Å². The van der Waals surface area contributed by atoms with E-state index < -0.39 is 24.8 Å². The molecule has 2 fully saturated rings. The van der Waals surface area contributed by atoms with Crippen molar-refractivity contribution in [2.75, 3.05) is 43.1 Å². The molecule has 2 aromatic carbocycles. The molecule has 0 aliphatic carbocycles. The molecule has 37 heavy (non-hydrogen) atoms.